The third-order valence-electron chi connectivity index (χ3n) is 3.93. The van der Waals surface area contributed by atoms with Crippen LogP contribution in [-0.4, -0.2) is 23.9 Å². The van der Waals surface area contributed by atoms with E-state index in [4.69, 9.17) is 0 Å². The lowest BCUT2D eigenvalue weighted by atomic mass is 9.90. The molecule has 1 saturated heterocycles. The Morgan fingerprint density at radius 3 is 2.94 bits per heavy atom. The van der Waals surface area contributed by atoms with Gasteiger partial charge in [-0.05, 0) is 49.7 Å². The van der Waals surface area contributed by atoms with Gasteiger partial charge in [0.2, 0.25) is 0 Å². The molecule has 17 heavy (non-hydrogen) atoms. The van der Waals surface area contributed by atoms with Gasteiger partial charge in [0.1, 0.15) is 0 Å². The molecule has 1 aliphatic carbocycles. The second kappa shape index (κ2) is 4.45. The number of hydrogen-bond acceptors (Lipinski definition) is 2. The Bertz CT molecular complexity index is 431. The van der Waals surface area contributed by atoms with Gasteiger partial charge in [-0.15, -0.1) is 11.3 Å². The van der Waals surface area contributed by atoms with Crippen LogP contribution in [0.4, 0.5) is 0 Å². The molecule has 1 unspecified atom stereocenters. The number of likely N-dealkylation sites (tertiary alicyclic amines) is 1. The van der Waals surface area contributed by atoms with Gasteiger partial charge in [0.25, 0.3) is 5.91 Å². The lowest BCUT2D eigenvalue weighted by Crippen LogP contribution is -2.26. The van der Waals surface area contributed by atoms with Crippen molar-refractivity contribution in [1.29, 1.82) is 0 Å². The number of nitrogens with zero attached hydrogens (tertiary/aromatic N) is 1. The number of thiophene rings is 1. The van der Waals surface area contributed by atoms with E-state index in [0.29, 0.717) is 0 Å². The summed E-state index contributed by atoms with van der Waals surface area (Å²) in [6.07, 6.45) is 5.97. The molecule has 3 rings (SSSR count). The molecule has 1 aromatic heterocycles. The molecular weight excluding hydrogens is 230 g/mol. The first kappa shape index (κ1) is 11.3. The average Bonchev–Trinajstić information content (AvgIpc) is 2.96. The summed E-state index contributed by atoms with van der Waals surface area (Å²) in [6, 6.07) is 2.16. The Kier molecular flexibility index (Phi) is 2.95. The first-order chi connectivity index (χ1) is 8.24. The van der Waals surface area contributed by atoms with Gasteiger partial charge >= 0.3 is 0 Å². The van der Waals surface area contributed by atoms with Crippen LogP contribution in [0.3, 0.4) is 0 Å². The van der Waals surface area contributed by atoms with Crippen molar-refractivity contribution in [3.8, 4) is 0 Å². The highest BCUT2D eigenvalue weighted by molar-refractivity contribution is 7.14. The number of aryl methyl sites for hydroxylation is 1. The predicted octanol–water partition coefficient (Wildman–Crippen LogP) is 3.11. The van der Waals surface area contributed by atoms with Gasteiger partial charge in [-0.1, -0.05) is 6.92 Å². The van der Waals surface area contributed by atoms with E-state index < -0.39 is 0 Å². The van der Waals surface area contributed by atoms with E-state index in [9.17, 15) is 4.79 Å². The van der Waals surface area contributed by atoms with Crippen molar-refractivity contribution >= 4 is 17.2 Å². The molecule has 2 nitrogen and oxygen atoms in total. The van der Waals surface area contributed by atoms with Crippen molar-refractivity contribution in [2.24, 2.45) is 5.92 Å². The third-order valence-corrected chi connectivity index (χ3v) is 5.16. The molecule has 1 fully saturated rings. The second-order valence-electron chi connectivity index (χ2n) is 5.41. The minimum absolute atomic E-state index is 0.273. The topological polar surface area (TPSA) is 20.3 Å². The zero-order valence-electron chi connectivity index (χ0n) is 10.4. The van der Waals surface area contributed by atoms with Crippen molar-refractivity contribution in [1.82, 2.24) is 4.90 Å². The zero-order valence-corrected chi connectivity index (χ0v) is 11.2. The van der Waals surface area contributed by atoms with Gasteiger partial charge in [-0.25, -0.2) is 0 Å². The number of fused-ring (bicyclic) bond motifs is 1. The molecule has 1 atom stereocenters. The van der Waals surface area contributed by atoms with Crippen LogP contribution in [0.5, 0.6) is 0 Å². The zero-order chi connectivity index (χ0) is 11.8. The molecule has 2 aliphatic rings. The number of carbonyl (C=O) groups is 1. The van der Waals surface area contributed by atoms with Crippen molar-refractivity contribution in [3.05, 3.63) is 21.4 Å². The second-order valence-corrected chi connectivity index (χ2v) is 6.54. The highest BCUT2D eigenvalue weighted by Crippen LogP contribution is 2.33. The fourth-order valence-electron chi connectivity index (χ4n) is 2.89. The summed E-state index contributed by atoms with van der Waals surface area (Å²) in [6.45, 7) is 4.22. The van der Waals surface area contributed by atoms with E-state index in [1.807, 2.05) is 4.90 Å². The van der Waals surface area contributed by atoms with Gasteiger partial charge in [0.15, 0.2) is 0 Å². The monoisotopic (exact) mass is 249 g/mol. The molecule has 0 saturated carbocycles. The van der Waals surface area contributed by atoms with Crippen molar-refractivity contribution < 1.29 is 4.79 Å². The summed E-state index contributed by atoms with van der Waals surface area (Å²) in [5.41, 5.74) is 1.44. The Balaban J connectivity index is 1.82. The molecule has 0 aromatic carbocycles. The molecule has 3 heteroatoms. The molecular formula is C14H19NOS. The van der Waals surface area contributed by atoms with E-state index in [2.05, 4.69) is 13.0 Å². The van der Waals surface area contributed by atoms with Crippen LogP contribution in [0.2, 0.25) is 0 Å². The molecule has 1 aromatic rings. The molecule has 0 spiro atoms. The maximum absolute atomic E-state index is 12.3. The third kappa shape index (κ3) is 2.13. The average molecular weight is 249 g/mol. The summed E-state index contributed by atoms with van der Waals surface area (Å²) in [4.78, 5) is 16.7. The number of rotatable bonds is 1. The van der Waals surface area contributed by atoms with Crippen LogP contribution in [-0.2, 0) is 12.8 Å². The largest absolute Gasteiger partial charge is 0.338 e. The van der Waals surface area contributed by atoms with Crippen molar-refractivity contribution in [3.63, 3.8) is 0 Å². The molecule has 92 valence electrons. The van der Waals surface area contributed by atoms with Crippen molar-refractivity contribution in [2.45, 2.75) is 39.0 Å². The Labute approximate surface area is 107 Å². The standard InChI is InChI=1S/C14H19NOS/c1-10-4-5-12-11(8-10)9-13(17-12)14(16)15-6-2-3-7-15/h9-10H,2-8H2,1H3. The number of carbonyl (C=O) groups excluding carboxylic acids is 1. The highest BCUT2D eigenvalue weighted by atomic mass is 32.1. The smallest absolute Gasteiger partial charge is 0.263 e. The molecule has 0 bridgehead atoms. The van der Waals surface area contributed by atoms with Crippen LogP contribution in [0.15, 0.2) is 6.07 Å². The fraction of sp³-hybridized carbons (Fsp3) is 0.643. The molecule has 1 aliphatic heterocycles. The number of hydrogen-bond donors (Lipinski definition) is 0. The van der Waals surface area contributed by atoms with E-state index >= 15 is 0 Å². The maximum Gasteiger partial charge on any atom is 0.263 e. The molecule has 2 heterocycles. The molecule has 0 radical (unpaired) electrons. The number of amides is 1. The van der Waals surface area contributed by atoms with E-state index in [1.54, 1.807) is 11.3 Å². The summed E-state index contributed by atoms with van der Waals surface area (Å²) in [5.74, 6) is 1.06. The van der Waals surface area contributed by atoms with Crippen LogP contribution in [0.25, 0.3) is 0 Å². The van der Waals surface area contributed by atoms with Gasteiger partial charge in [-0.2, -0.15) is 0 Å². The molecule has 1 amide bonds. The first-order valence-corrected chi connectivity index (χ1v) is 7.46. The quantitative estimate of drug-likeness (QED) is 0.749. The minimum atomic E-state index is 0.273. The lowest BCUT2D eigenvalue weighted by Gasteiger charge is -2.16. The molecule has 0 N–H and O–H groups in total. The Hall–Kier alpha value is -0.830. The van der Waals surface area contributed by atoms with Crippen LogP contribution in [0.1, 0.15) is 46.3 Å². The predicted molar refractivity (Wildman–Crippen MR) is 70.6 cm³/mol. The Morgan fingerprint density at radius 2 is 2.18 bits per heavy atom. The lowest BCUT2D eigenvalue weighted by molar-refractivity contribution is 0.0797. The maximum atomic E-state index is 12.3. The summed E-state index contributed by atoms with van der Waals surface area (Å²) >= 11 is 1.74. The van der Waals surface area contributed by atoms with Crippen LogP contribution >= 0.6 is 11.3 Å². The normalized spacial score (nSPS) is 23.8. The van der Waals surface area contributed by atoms with Crippen molar-refractivity contribution in [2.75, 3.05) is 13.1 Å². The fourth-order valence-corrected chi connectivity index (χ4v) is 4.06. The van der Waals surface area contributed by atoms with E-state index in [0.717, 1.165) is 23.9 Å². The summed E-state index contributed by atoms with van der Waals surface area (Å²) in [7, 11) is 0. The summed E-state index contributed by atoms with van der Waals surface area (Å²) in [5, 5.41) is 0. The van der Waals surface area contributed by atoms with Crippen LogP contribution in [0, 0.1) is 5.92 Å². The minimum Gasteiger partial charge on any atom is -0.338 e. The van der Waals surface area contributed by atoms with Gasteiger partial charge in [0, 0.05) is 18.0 Å². The van der Waals surface area contributed by atoms with E-state index in [-0.39, 0.29) is 5.91 Å². The first-order valence-electron chi connectivity index (χ1n) is 6.65. The van der Waals surface area contributed by atoms with E-state index in [1.165, 1.54) is 42.5 Å². The SMILES string of the molecule is CC1CCc2sc(C(=O)N3CCCC3)cc2C1. The highest BCUT2D eigenvalue weighted by Gasteiger charge is 2.24. The Morgan fingerprint density at radius 1 is 1.41 bits per heavy atom. The van der Waals surface area contributed by atoms with Gasteiger partial charge in [-0.3, -0.25) is 4.79 Å². The van der Waals surface area contributed by atoms with Crippen LogP contribution < -0.4 is 0 Å². The van der Waals surface area contributed by atoms with Gasteiger partial charge in [0.05, 0.1) is 4.88 Å². The van der Waals surface area contributed by atoms with Gasteiger partial charge < -0.3 is 4.90 Å². The summed E-state index contributed by atoms with van der Waals surface area (Å²) < 4.78 is 0.